The van der Waals surface area contributed by atoms with Crippen LogP contribution in [0, 0.1) is 12.8 Å². The van der Waals surface area contributed by atoms with Crippen LogP contribution in [0.5, 0.6) is 11.5 Å². The van der Waals surface area contributed by atoms with E-state index in [1.165, 1.54) is 32.1 Å². The highest BCUT2D eigenvalue weighted by Crippen LogP contribution is 2.33. The molecule has 6 nitrogen and oxygen atoms in total. The molecule has 0 radical (unpaired) electrons. The smallest absolute Gasteiger partial charge is 0.326 e. The Bertz CT molecular complexity index is 874. The summed E-state index contributed by atoms with van der Waals surface area (Å²) < 4.78 is 5.30. The first-order valence-corrected chi connectivity index (χ1v) is 11.1. The molecule has 1 fully saturated rings. The van der Waals surface area contributed by atoms with Gasteiger partial charge < -0.3 is 20.1 Å². The van der Waals surface area contributed by atoms with E-state index in [1.54, 1.807) is 31.1 Å². The monoisotopic (exact) mass is 425 g/mol. The highest BCUT2D eigenvalue weighted by atomic mass is 16.5. The predicted molar refractivity (Wildman–Crippen MR) is 128 cm³/mol. The van der Waals surface area contributed by atoms with Crippen LogP contribution in [0.1, 0.15) is 44.1 Å². The third-order valence-electron chi connectivity index (χ3n) is 6.16. The van der Waals surface area contributed by atoms with E-state index < -0.39 is 0 Å². The second kappa shape index (κ2) is 10.4. The molecule has 31 heavy (non-hydrogen) atoms. The highest BCUT2D eigenvalue weighted by Gasteiger charge is 2.21. The number of hydrogen-bond donors (Lipinski definition) is 2. The van der Waals surface area contributed by atoms with E-state index in [0.717, 1.165) is 17.8 Å². The molecule has 0 unspecified atom stereocenters. The molecule has 0 atom stereocenters. The van der Waals surface area contributed by atoms with Gasteiger partial charge in [0, 0.05) is 38.1 Å². The van der Waals surface area contributed by atoms with E-state index in [4.69, 9.17) is 4.74 Å². The largest absolute Gasteiger partial charge is 0.505 e. The summed E-state index contributed by atoms with van der Waals surface area (Å²) in [6.07, 6.45) is 7.35. The topological polar surface area (TPSA) is 65.0 Å². The summed E-state index contributed by atoms with van der Waals surface area (Å²) >= 11 is 0. The number of benzene rings is 2. The summed E-state index contributed by atoms with van der Waals surface area (Å²) in [6.45, 7) is 2.43. The molecule has 1 aliphatic rings. The second-order valence-electron chi connectivity index (χ2n) is 8.63. The first-order valence-electron chi connectivity index (χ1n) is 11.1. The van der Waals surface area contributed by atoms with E-state index in [2.05, 4.69) is 5.32 Å². The van der Waals surface area contributed by atoms with Crippen molar-refractivity contribution >= 4 is 23.1 Å². The molecule has 2 aromatic carbocycles. The Balaban J connectivity index is 1.82. The summed E-state index contributed by atoms with van der Waals surface area (Å²) in [5.41, 5.74) is 2.93. The zero-order valence-corrected chi connectivity index (χ0v) is 19.1. The lowest BCUT2D eigenvalue weighted by molar-refractivity contribution is 0.255. The van der Waals surface area contributed by atoms with Crippen LogP contribution in [0.3, 0.4) is 0 Å². The molecule has 2 amide bonds. The van der Waals surface area contributed by atoms with Gasteiger partial charge in [0.05, 0.1) is 12.8 Å². The minimum Gasteiger partial charge on any atom is -0.505 e. The number of carbonyl (C=O) groups is 1. The molecule has 2 N–H and O–H groups in total. The van der Waals surface area contributed by atoms with Crippen molar-refractivity contribution in [3.05, 3.63) is 42.0 Å². The standard InChI is InChI=1S/C25H35N3O3/c1-18-16-22(31-4)17-23(24(18)29)26-25(30)28(15-14-19-8-6-5-7-9-19)21-12-10-20(11-13-21)27(2)3/h10-13,16-17,19,29H,5-9,14-15H2,1-4H3,(H,26,30). The lowest BCUT2D eigenvalue weighted by atomic mass is 9.87. The molecular weight excluding hydrogens is 390 g/mol. The molecule has 0 spiro atoms. The summed E-state index contributed by atoms with van der Waals surface area (Å²) in [5.74, 6) is 1.32. The van der Waals surface area contributed by atoms with Gasteiger partial charge in [-0.2, -0.15) is 0 Å². The number of urea groups is 1. The first-order chi connectivity index (χ1) is 14.9. The third-order valence-corrected chi connectivity index (χ3v) is 6.16. The van der Waals surface area contributed by atoms with Crippen LogP contribution in [0.2, 0.25) is 0 Å². The van der Waals surface area contributed by atoms with Crippen molar-refractivity contribution in [1.29, 1.82) is 0 Å². The van der Waals surface area contributed by atoms with Crippen molar-refractivity contribution in [2.75, 3.05) is 42.9 Å². The summed E-state index contributed by atoms with van der Waals surface area (Å²) in [6, 6.07) is 11.1. The number of carbonyl (C=O) groups excluding carboxylic acids is 1. The molecular formula is C25H35N3O3. The molecule has 1 saturated carbocycles. The van der Waals surface area contributed by atoms with E-state index in [0.29, 0.717) is 29.5 Å². The number of aromatic hydroxyl groups is 1. The van der Waals surface area contributed by atoms with Crippen LogP contribution >= 0.6 is 0 Å². The molecule has 6 heteroatoms. The van der Waals surface area contributed by atoms with E-state index >= 15 is 0 Å². The molecule has 0 heterocycles. The number of nitrogens with one attached hydrogen (secondary N) is 1. The number of aryl methyl sites for hydroxylation is 1. The lowest BCUT2D eigenvalue weighted by Gasteiger charge is -2.28. The third kappa shape index (κ3) is 5.84. The van der Waals surface area contributed by atoms with E-state index in [1.807, 2.05) is 43.3 Å². The van der Waals surface area contributed by atoms with Gasteiger partial charge in [0.2, 0.25) is 0 Å². The Labute approximate surface area is 185 Å². The number of hydrogen-bond acceptors (Lipinski definition) is 4. The summed E-state index contributed by atoms with van der Waals surface area (Å²) in [4.78, 5) is 17.1. The number of nitrogens with zero attached hydrogens (tertiary/aromatic N) is 2. The SMILES string of the molecule is COc1cc(C)c(O)c(NC(=O)N(CCC2CCCCC2)c2ccc(N(C)C)cc2)c1. The molecule has 0 aliphatic heterocycles. The van der Waals surface area contributed by atoms with Gasteiger partial charge in [-0.25, -0.2) is 4.79 Å². The number of amides is 2. The van der Waals surface area contributed by atoms with Crippen molar-refractivity contribution in [1.82, 2.24) is 0 Å². The maximum absolute atomic E-state index is 13.3. The molecule has 0 saturated heterocycles. The fourth-order valence-electron chi connectivity index (χ4n) is 4.21. The molecule has 168 valence electrons. The molecule has 1 aliphatic carbocycles. The molecule has 3 rings (SSSR count). The molecule has 2 aromatic rings. The number of phenolic OH excluding ortho intramolecular Hbond substituents is 1. The Hall–Kier alpha value is -2.89. The number of methoxy groups -OCH3 is 1. The minimum atomic E-state index is -0.253. The normalized spacial score (nSPS) is 14.2. The zero-order chi connectivity index (χ0) is 22.4. The van der Waals surface area contributed by atoms with E-state index in [9.17, 15) is 9.90 Å². The van der Waals surface area contributed by atoms with Crippen LogP contribution in [-0.4, -0.2) is 38.9 Å². The highest BCUT2D eigenvalue weighted by molar-refractivity contribution is 6.02. The van der Waals surface area contributed by atoms with Crippen LogP contribution < -0.4 is 19.9 Å². The van der Waals surface area contributed by atoms with Gasteiger partial charge in [0.15, 0.2) is 0 Å². The predicted octanol–water partition coefficient (Wildman–Crippen LogP) is 5.78. The van der Waals surface area contributed by atoms with Crippen LogP contribution in [-0.2, 0) is 0 Å². The fourth-order valence-corrected chi connectivity index (χ4v) is 4.21. The quantitative estimate of drug-likeness (QED) is 0.552. The van der Waals surface area contributed by atoms with Gasteiger partial charge in [-0.15, -0.1) is 0 Å². The Morgan fingerprint density at radius 1 is 1.10 bits per heavy atom. The average molecular weight is 426 g/mol. The van der Waals surface area contributed by atoms with Crippen molar-refractivity contribution in [3.63, 3.8) is 0 Å². The Morgan fingerprint density at radius 2 is 1.74 bits per heavy atom. The van der Waals surface area contributed by atoms with Gasteiger partial charge in [0.1, 0.15) is 11.5 Å². The van der Waals surface area contributed by atoms with Crippen LogP contribution in [0.4, 0.5) is 21.9 Å². The molecule has 0 bridgehead atoms. The van der Waals surface area contributed by atoms with Crippen molar-refractivity contribution in [3.8, 4) is 11.5 Å². The number of rotatable bonds is 7. The van der Waals surface area contributed by atoms with Crippen molar-refractivity contribution in [2.24, 2.45) is 5.92 Å². The maximum atomic E-state index is 13.3. The number of phenols is 1. The van der Waals surface area contributed by atoms with Gasteiger partial charge in [0.25, 0.3) is 0 Å². The average Bonchev–Trinajstić information content (AvgIpc) is 2.78. The number of anilines is 3. The zero-order valence-electron chi connectivity index (χ0n) is 19.1. The Morgan fingerprint density at radius 3 is 2.35 bits per heavy atom. The second-order valence-corrected chi connectivity index (χ2v) is 8.63. The minimum absolute atomic E-state index is 0.0596. The van der Waals surface area contributed by atoms with Crippen molar-refractivity contribution < 1.29 is 14.6 Å². The van der Waals surface area contributed by atoms with Gasteiger partial charge in [-0.1, -0.05) is 32.1 Å². The maximum Gasteiger partial charge on any atom is 0.326 e. The van der Waals surface area contributed by atoms with Gasteiger partial charge >= 0.3 is 6.03 Å². The lowest BCUT2D eigenvalue weighted by Crippen LogP contribution is -2.36. The van der Waals surface area contributed by atoms with Gasteiger partial charge in [-0.05, 0) is 55.2 Å². The van der Waals surface area contributed by atoms with Crippen molar-refractivity contribution in [2.45, 2.75) is 45.4 Å². The fraction of sp³-hybridized carbons (Fsp3) is 0.480. The summed E-state index contributed by atoms with van der Waals surface area (Å²) in [5, 5.41) is 13.4. The first kappa shape index (κ1) is 22.8. The van der Waals surface area contributed by atoms with Crippen LogP contribution in [0.25, 0.3) is 0 Å². The van der Waals surface area contributed by atoms with Gasteiger partial charge in [-0.3, -0.25) is 4.90 Å². The number of ether oxygens (including phenoxy) is 1. The molecule has 0 aromatic heterocycles. The van der Waals surface area contributed by atoms with E-state index in [-0.39, 0.29) is 11.8 Å². The van der Waals surface area contributed by atoms with Crippen LogP contribution in [0.15, 0.2) is 36.4 Å². The summed E-state index contributed by atoms with van der Waals surface area (Å²) in [7, 11) is 5.56. The Kier molecular flexibility index (Phi) is 7.66.